The van der Waals surface area contributed by atoms with E-state index in [0.29, 0.717) is 32.7 Å². The fourth-order valence-corrected chi connectivity index (χ4v) is 4.39. The number of carbonyl (C=O) groups excluding carboxylic acids is 2. The van der Waals surface area contributed by atoms with Crippen molar-refractivity contribution >= 4 is 17.9 Å². The maximum absolute atomic E-state index is 12.3. The molecule has 2 unspecified atom stereocenters. The number of hydrogen-bond acceptors (Lipinski definition) is 7. The van der Waals surface area contributed by atoms with Crippen LogP contribution < -0.4 is 20.3 Å². The van der Waals surface area contributed by atoms with E-state index in [2.05, 4.69) is 15.5 Å². The highest BCUT2D eigenvalue weighted by Crippen LogP contribution is 2.32. The van der Waals surface area contributed by atoms with Gasteiger partial charge in [-0.1, -0.05) is 36.4 Å². The first kappa shape index (κ1) is 25.6. The lowest BCUT2D eigenvalue weighted by molar-refractivity contribution is 0.0417. The summed E-state index contributed by atoms with van der Waals surface area (Å²) in [6, 6.07) is 15.5. The van der Waals surface area contributed by atoms with Crippen molar-refractivity contribution in [1.29, 1.82) is 0 Å². The van der Waals surface area contributed by atoms with Gasteiger partial charge in [0.15, 0.2) is 0 Å². The molecule has 2 aromatic carbocycles. The first-order valence-electron chi connectivity index (χ1n) is 12.2. The topological polar surface area (TPSA) is 98.4 Å². The standard InChI is InChI=1S/C27H35N3O6/c1-27(2,3)36-26(32)29-22-15-30(16-24(22)33-4)20-11-10-19-12-21(17-34-23(19)13-20)35-25(31)28-14-18-8-6-5-7-9-18/h5-11,13,21-22,24H,12,14-17H2,1-4H3,(H,28,31)(H,29,32)/t21-,22?,24?/m1/s1. The highest BCUT2D eigenvalue weighted by atomic mass is 16.6. The van der Waals surface area contributed by atoms with Crippen LogP contribution in [0.4, 0.5) is 15.3 Å². The predicted molar refractivity (Wildman–Crippen MR) is 135 cm³/mol. The summed E-state index contributed by atoms with van der Waals surface area (Å²) >= 11 is 0. The average Bonchev–Trinajstić information content (AvgIpc) is 3.24. The van der Waals surface area contributed by atoms with E-state index in [1.54, 1.807) is 7.11 Å². The van der Waals surface area contributed by atoms with Crippen molar-refractivity contribution in [1.82, 2.24) is 10.6 Å². The molecule has 2 aromatic rings. The Labute approximate surface area is 212 Å². The Morgan fingerprint density at radius 1 is 1.08 bits per heavy atom. The summed E-state index contributed by atoms with van der Waals surface area (Å²) in [4.78, 5) is 26.6. The highest BCUT2D eigenvalue weighted by Gasteiger charge is 2.36. The van der Waals surface area contributed by atoms with Crippen LogP contribution in [-0.2, 0) is 27.2 Å². The quantitative estimate of drug-likeness (QED) is 0.629. The van der Waals surface area contributed by atoms with Crippen LogP contribution in [0, 0.1) is 0 Å². The normalized spacial score (nSPS) is 21.2. The molecular weight excluding hydrogens is 462 g/mol. The summed E-state index contributed by atoms with van der Waals surface area (Å²) in [6.45, 7) is 7.42. The van der Waals surface area contributed by atoms with Gasteiger partial charge in [0, 0.05) is 44.9 Å². The third-order valence-electron chi connectivity index (χ3n) is 6.11. The summed E-state index contributed by atoms with van der Waals surface area (Å²) in [5, 5.41) is 5.71. The minimum Gasteiger partial charge on any atom is -0.489 e. The number of carbonyl (C=O) groups is 2. The fraction of sp³-hybridized carbons (Fsp3) is 0.481. The first-order chi connectivity index (χ1) is 17.2. The van der Waals surface area contributed by atoms with E-state index >= 15 is 0 Å². The molecule has 0 spiro atoms. The number of fused-ring (bicyclic) bond motifs is 1. The largest absolute Gasteiger partial charge is 0.489 e. The Morgan fingerprint density at radius 3 is 2.58 bits per heavy atom. The minimum atomic E-state index is -0.565. The number of nitrogens with one attached hydrogen (secondary N) is 2. The number of anilines is 1. The Bertz CT molecular complexity index is 1060. The third-order valence-corrected chi connectivity index (χ3v) is 6.11. The molecule has 2 N–H and O–H groups in total. The SMILES string of the molecule is COC1CN(c2ccc3c(c2)OC[C@H](OC(=O)NCc2ccccc2)C3)CC1NC(=O)OC(C)(C)C. The van der Waals surface area contributed by atoms with Crippen LogP contribution in [0.25, 0.3) is 0 Å². The van der Waals surface area contributed by atoms with Crippen LogP contribution in [0.2, 0.25) is 0 Å². The molecule has 2 amide bonds. The predicted octanol–water partition coefficient (Wildman–Crippen LogP) is 3.64. The van der Waals surface area contributed by atoms with Gasteiger partial charge in [-0.25, -0.2) is 9.59 Å². The lowest BCUT2D eigenvalue weighted by Crippen LogP contribution is -2.45. The van der Waals surface area contributed by atoms with Crippen molar-refractivity contribution in [3.63, 3.8) is 0 Å². The molecule has 2 heterocycles. The van der Waals surface area contributed by atoms with Crippen molar-refractivity contribution < 1.29 is 28.5 Å². The second-order valence-corrected chi connectivity index (χ2v) is 10.1. The van der Waals surface area contributed by atoms with E-state index in [1.165, 1.54) is 0 Å². The molecule has 0 radical (unpaired) electrons. The van der Waals surface area contributed by atoms with E-state index in [1.807, 2.05) is 69.3 Å². The smallest absolute Gasteiger partial charge is 0.408 e. The van der Waals surface area contributed by atoms with Crippen molar-refractivity contribution in [2.24, 2.45) is 0 Å². The number of amides is 2. The molecule has 4 rings (SSSR count). The molecule has 3 atom stereocenters. The first-order valence-corrected chi connectivity index (χ1v) is 12.2. The molecule has 2 aliphatic heterocycles. The third kappa shape index (κ3) is 6.81. The van der Waals surface area contributed by atoms with E-state index in [0.717, 1.165) is 22.6 Å². The summed E-state index contributed by atoms with van der Waals surface area (Å²) < 4.78 is 22.5. The summed E-state index contributed by atoms with van der Waals surface area (Å²) in [6.07, 6.45) is -0.853. The van der Waals surface area contributed by atoms with Crippen LogP contribution in [0.3, 0.4) is 0 Å². The lowest BCUT2D eigenvalue weighted by atomic mass is 10.0. The number of benzene rings is 2. The zero-order chi connectivity index (χ0) is 25.7. The maximum Gasteiger partial charge on any atom is 0.408 e. The molecule has 9 nitrogen and oxygen atoms in total. The lowest BCUT2D eigenvalue weighted by Gasteiger charge is -2.27. The van der Waals surface area contributed by atoms with E-state index in [9.17, 15) is 9.59 Å². The molecule has 36 heavy (non-hydrogen) atoms. The minimum absolute atomic E-state index is 0.165. The van der Waals surface area contributed by atoms with Crippen molar-refractivity contribution in [2.75, 3.05) is 31.7 Å². The molecule has 0 saturated carbocycles. The van der Waals surface area contributed by atoms with Crippen molar-refractivity contribution in [3.05, 3.63) is 59.7 Å². The van der Waals surface area contributed by atoms with Gasteiger partial charge in [0.1, 0.15) is 24.1 Å². The molecule has 9 heteroatoms. The van der Waals surface area contributed by atoms with Gasteiger partial charge in [0.25, 0.3) is 0 Å². The molecule has 1 saturated heterocycles. The van der Waals surface area contributed by atoms with Gasteiger partial charge < -0.3 is 34.5 Å². The average molecular weight is 498 g/mol. The highest BCUT2D eigenvalue weighted by molar-refractivity contribution is 5.69. The van der Waals surface area contributed by atoms with E-state index < -0.39 is 17.8 Å². The van der Waals surface area contributed by atoms with Crippen LogP contribution in [0.1, 0.15) is 31.9 Å². The second-order valence-electron chi connectivity index (χ2n) is 10.1. The zero-order valence-electron chi connectivity index (χ0n) is 21.3. The summed E-state index contributed by atoms with van der Waals surface area (Å²) in [5.74, 6) is 0.773. The van der Waals surface area contributed by atoms with E-state index in [4.69, 9.17) is 18.9 Å². The molecule has 0 aliphatic carbocycles. The van der Waals surface area contributed by atoms with Crippen molar-refractivity contribution in [2.45, 2.75) is 57.6 Å². The Morgan fingerprint density at radius 2 is 1.86 bits per heavy atom. The van der Waals surface area contributed by atoms with Crippen molar-refractivity contribution in [3.8, 4) is 5.75 Å². The Kier molecular flexibility index (Phi) is 7.88. The van der Waals surface area contributed by atoms with E-state index in [-0.39, 0.29) is 18.2 Å². The molecular formula is C27H35N3O6. The van der Waals surface area contributed by atoms with Gasteiger partial charge in [-0.15, -0.1) is 0 Å². The molecule has 0 aromatic heterocycles. The summed E-state index contributed by atoms with van der Waals surface area (Å²) in [7, 11) is 1.64. The van der Waals surface area contributed by atoms with Gasteiger partial charge in [-0.3, -0.25) is 0 Å². The number of rotatable bonds is 6. The van der Waals surface area contributed by atoms with Crippen LogP contribution >= 0.6 is 0 Å². The Hall–Kier alpha value is -3.46. The molecule has 2 aliphatic rings. The van der Waals surface area contributed by atoms with Crippen LogP contribution in [0.15, 0.2) is 48.5 Å². The summed E-state index contributed by atoms with van der Waals surface area (Å²) in [5.41, 5.74) is 2.40. The number of methoxy groups -OCH3 is 1. The molecule has 0 bridgehead atoms. The zero-order valence-corrected chi connectivity index (χ0v) is 21.3. The van der Waals surface area contributed by atoms with Gasteiger partial charge >= 0.3 is 12.2 Å². The number of alkyl carbamates (subject to hydrolysis) is 2. The molecule has 194 valence electrons. The number of ether oxygens (including phenoxy) is 4. The van der Waals surface area contributed by atoms with Gasteiger partial charge in [-0.2, -0.15) is 0 Å². The van der Waals surface area contributed by atoms with Crippen LogP contribution in [-0.4, -0.2) is 62.8 Å². The van der Waals surface area contributed by atoms with Crippen LogP contribution in [0.5, 0.6) is 5.75 Å². The van der Waals surface area contributed by atoms with Gasteiger partial charge in [-0.05, 0) is 38.0 Å². The monoisotopic (exact) mass is 497 g/mol. The second kappa shape index (κ2) is 11.1. The maximum atomic E-state index is 12.3. The van der Waals surface area contributed by atoms with Gasteiger partial charge in [0.05, 0.1) is 12.1 Å². The van der Waals surface area contributed by atoms with Gasteiger partial charge in [0.2, 0.25) is 0 Å². The number of nitrogens with zero attached hydrogens (tertiary/aromatic N) is 1. The molecule has 1 fully saturated rings. The fourth-order valence-electron chi connectivity index (χ4n) is 4.39. The Balaban J connectivity index is 1.31. The number of hydrogen-bond donors (Lipinski definition) is 2.